The largest absolute Gasteiger partial charge is 0.458 e. The van der Waals surface area contributed by atoms with Crippen LogP contribution in [0.25, 0.3) is 0 Å². The highest BCUT2D eigenvalue weighted by Crippen LogP contribution is 2.67. The zero-order valence-corrected chi connectivity index (χ0v) is 31.8. The van der Waals surface area contributed by atoms with Gasteiger partial charge in [0.25, 0.3) is 0 Å². The van der Waals surface area contributed by atoms with Gasteiger partial charge < -0.3 is 9.47 Å². The third-order valence-corrected chi connectivity index (χ3v) is 13.9. The standard InChI is InChI=1S/C45H68O4/c1-7-8-9-10-11-12-13-14-18-42(46)48-36-22-19-34(20-23-36)43(47)49-37-27-29-44(5)35(31-37)21-24-38-40-26-25-39(33(4)17-15-16-32(2)3)45(40,6)30-28-41(38)44/h7,19-23,32-33,37-41H,1,8-18,24-31H2,2-6H3/t33-,37?,38+,39-,40+,41+,44+,45-/m1/s1. The molecule has 0 bridgehead atoms. The van der Waals surface area contributed by atoms with Crippen LogP contribution in [0.5, 0.6) is 5.75 Å². The molecule has 0 aromatic heterocycles. The van der Waals surface area contributed by atoms with E-state index in [4.69, 9.17) is 9.47 Å². The van der Waals surface area contributed by atoms with Crippen molar-refractivity contribution in [2.75, 3.05) is 0 Å². The zero-order chi connectivity index (χ0) is 35.0. The lowest BCUT2D eigenvalue weighted by Crippen LogP contribution is -2.51. The van der Waals surface area contributed by atoms with Crippen LogP contribution in [0.15, 0.2) is 48.6 Å². The Balaban J connectivity index is 1.09. The summed E-state index contributed by atoms with van der Waals surface area (Å²) in [5.74, 6) is 4.97. The highest BCUT2D eigenvalue weighted by atomic mass is 16.5. The van der Waals surface area contributed by atoms with Gasteiger partial charge in [0.1, 0.15) is 11.9 Å². The third kappa shape index (κ3) is 9.12. The van der Waals surface area contributed by atoms with Crippen LogP contribution < -0.4 is 4.74 Å². The highest BCUT2D eigenvalue weighted by Gasteiger charge is 2.59. The van der Waals surface area contributed by atoms with Crippen LogP contribution in [0.3, 0.4) is 0 Å². The number of fused-ring (bicyclic) bond motifs is 5. The normalized spacial score (nSPS) is 31.2. The first-order valence-electron chi connectivity index (χ1n) is 20.4. The van der Waals surface area contributed by atoms with Crippen LogP contribution in [-0.4, -0.2) is 18.0 Å². The second-order valence-corrected chi connectivity index (χ2v) is 17.5. The summed E-state index contributed by atoms with van der Waals surface area (Å²) in [6.07, 6.45) is 26.6. The Kier molecular flexibility index (Phi) is 13.3. The number of allylic oxidation sites excluding steroid dienone is 2. The first-order chi connectivity index (χ1) is 23.5. The third-order valence-electron chi connectivity index (χ3n) is 13.9. The van der Waals surface area contributed by atoms with E-state index in [9.17, 15) is 9.59 Å². The van der Waals surface area contributed by atoms with Crippen molar-refractivity contribution in [2.24, 2.45) is 46.3 Å². The van der Waals surface area contributed by atoms with Crippen molar-refractivity contribution in [3.8, 4) is 5.75 Å². The molecule has 4 aliphatic rings. The molecule has 0 aliphatic heterocycles. The molecule has 4 aliphatic carbocycles. The molecule has 1 aromatic rings. The van der Waals surface area contributed by atoms with Crippen molar-refractivity contribution in [1.29, 1.82) is 0 Å². The lowest BCUT2D eigenvalue weighted by Gasteiger charge is -2.58. The van der Waals surface area contributed by atoms with Gasteiger partial charge in [-0.2, -0.15) is 0 Å². The highest BCUT2D eigenvalue weighted by molar-refractivity contribution is 5.89. The molecule has 4 nitrogen and oxygen atoms in total. The van der Waals surface area contributed by atoms with Crippen molar-refractivity contribution in [3.05, 3.63) is 54.1 Å². The Morgan fingerprint density at radius 1 is 0.878 bits per heavy atom. The number of hydrogen-bond donors (Lipinski definition) is 0. The van der Waals surface area contributed by atoms with Crippen LogP contribution in [0, 0.1) is 46.3 Å². The van der Waals surface area contributed by atoms with Gasteiger partial charge in [-0.3, -0.25) is 4.79 Å². The summed E-state index contributed by atoms with van der Waals surface area (Å²) in [4.78, 5) is 25.5. The van der Waals surface area contributed by atoms with Gasteiger partial charge >= 0.3 is 11.9 Å². The lowest BCUT2D eigenvalue weighted by atomic mass is 9.47. The fourth-order valence-electron chi connectivity index (χ4n) is 11.1. The number of esters is 2. The summed E-state index contributed by atoms with van der Waals surface area (Å²) in [5, 5.41) is 0. The second kappa shape index (κ2) is 17.2. The number of hydrogen-bond acceptors (Lipinski definition) is 4. The minimum atomic E-state index is -0.276. The first-order valence-corrected chi connectivity index (χ1v) is 20.4. The summed E-state index contributed by atoms with van der Waals surface area (Å²) in [6, 6.07) is 6.88. The molecular formula is C45H68O4. The van der Waals surface area contributed by atoms with Crippen molar-refractivity contribution in [2.45, 2.75) is 163 Å². The predicted molar refractivity (Wildman–Crippen MR) is 201 cm³/mol. The maximum Gasteiger partial charge on any atom is 0.338 e. The Hall–Kier alpha value is -2.36. The van der Waals surface area contributed by atoms with Crippen molar-refractivity contribution in [3.63, 3.8) is 0 Å². The molecule has 0 spiro atoms. The minimum Gasteiger partial charge on any atom is -0.458 e. The SMILES string of the molecule is C=CCCCCCCCCC(=O)Oc1ccc(C(=O)OC2CC[C@@]3(C)C(=CC[C@H]4[C@@H]5CC[C@H]([C@H](C)CCCC(C)C)[C@@]5(C)CC[C@@H]43)C2)cc1. The molecule has 0 saturated heterocycles. The predicted octanol–water partition coefficient (Wildman–Crippen LogP) is 12.5. The summed E-state index contributed by atoms with van der Waals surface area (Å²) in [6.45, 7) is 16.3. The molecule has 1 aromatic carbocycles. The number of carbonyl (C=O) groups is 2. The van der Waals surface area contributed by atoms with Gasteiger partial charge in [-0.05, 0) is 135 Å². The average Bonchev–Trinajstić information content (AvgIpc) is 3.43. The molecule has 1 unspecified atom stereocenters. The van der Waals surface area contributed by atoms with Gasteiger partial charge in [0, 0.05) is 12.8 Å². The first kappa shape index (κ1) is 37.9. The van der Waals surface area contributed by atoms with E-state index in [-0.39, 0.29) is 23.5 Å². The van der Waals surface area contributed by atoms with Gasteiger partial charge in [-0.25, -0.2) is 4.79 Å². The van der Waals surface area contributed by atoms with Crippen LogP contribution in [-0.2, 0) is 9.53 Å². The van der Waals surface area contributed by atoms with E-state index in [1.165, 1.54) is 70.6 Å². The summed E-state index contributed by atoms with van der Waals surface area (Å²) in [7, 11) is 0. The fourth-order valence-corrected chi connectivity index (χ4v) is 11.1. The monoisotopic (exact) mass is 673 g/mol. The van der Waals surface area contributed by atoms with E-state index in [1.807, 2.05) is 6.08 Å². The molecule has 0 radical (unpaired) electrons. The summed E-state index contributed by atoms with van der Waals surface area (Å²) >= 11 is 0. The molecule has 3 saturated carbocycles. The fraction of sp³-hybridized carbons (Fsp3) is 0.733. The van der Waals surface area contributed by atoms with Gasteiger partial charge in [0.2, 0.25) is 0 Å². The van der Waals surface area contributed by atoms with Crippen molar-refractivity contribution < 1.29 is 19.1 Å². The molecule has 4 heteroatoms. The quantitative estimate of drug-likeness (QED) is 0.0715. The number of carbonyl (C=O) groups excluding carboxylic acids is 2. The van der Waals surface area contributed by atoms with Gasteiger partial charge in [0.15, 0.2) is 0 Å². The van der Waals surface area contributed by atoms with E-state index >= 15 is 0 Å². The maximum atomic E-state index is 13.2. The van der Waals surface area contributed by atoms with Crippen molar-refractivity contribution in [1.82, 2.24) is 0 Å². The van der Waals surface area contributed by atoms with Crippen LogP contribution in [0.4, 0.5) is 0 Å². The Bertz CT molecular complexity index is 1280. The Morgan fingerprint density at radius 3 is 2.35 bits per heavy atom. The smallest absolute Gasteiger partial charge is 0.338 e. The second-order valence-electron chi connectivity index (χ2n) is 17.5. The number of ether oxygens (including phenoxy) is 2. The molecule has 3 fully saturated rings. The van der Waals surface area contributed by atoms with Gasteiger partial charge in [0.05, 0.1) is 5.56 Å². The van der Waals surface area contributed by atoms with Crippen LogP contribution in [0.2, 0.25) is 0 Å². The number of benzene rings is 1. The minimum absolute atomic E-state index is 0.0701. The van der Waals surface area contributed by atoms with E-state index < -0.39 is 0 Å². The molecule has 0 N–H and O–H groups in total. The van der Waals surface area contributed by atoms with Crippen molar-refractivity contribution >= 4 is 11.9 Å². The zero-order valence-electron chi connectivity index (χ0n) is 31.8. The van der Waals surface area contributed by atoms with Gasteiger partial charge in [-0.1, -0.05) is 97.3 Å². The van der Waals surface area contributed by atoms with E-state index in [0.717, 1.165) is 80.5 Å². The van der Waals surface area contributed by atoms with E-state index in [2.05, 4.69) is 47.3 Å². The molecule has 49 heavy (non-hydrogen) atoms. The molecule has 0 amide bonds. The van der Waals surface area contributed by atoms with Gasteiger partial charge in [-0.15, -0.1) is 6.58 Å². The number of rotatable bonds is 17. The maximum absolute atomic E-state index is 13.2. The van der Waals surface area contributed by atoms with E-state index in [1.54, 1.807) is 29.8 Å². The van der Waals surface area contributed by atoms with E-state index in [0.29, 0.717) is 23.1 Å². The van der Waals surface area contributed by atoms with Crippen LogP contribution in [0.1, 0.15) is 167 Å². The molecular weight excluding hydrogens is 604 g/mol. The molecule has 272 valence electrons. The molecule has 0 heterocycles. The Labute approximate surface area is 299 Å². The summed E-state index contributed by atoms with van der Waals surface area (Å²) < 4.78 is 11.7. The topological polar surface area (TPSA) is 52.6 Å². The molecule has 8 atom stereocenters. The molecule has 5 rings (SSSR count). The number of unbranched alkanes of at least 4 members (excludes halogenated alkanes) is 6. The van der Waals surface area contributed by atoms with Crippen LogP contribution >= 0.6 is 0 Å². The summed E-state index contributed by atoms with van der Waals surface area (Å²) in [5.41, 5.74) is 2.81. The average molecular weight is 673 g/mol. The lowest BCUT2D eigenvalue weighted by molar-refractivity contribution is -0.134. The Morgan fingerprint density at radius 2 is 1.61 bits per heavy atom.